The molecule has 452 valence electrons. The van der Waals surface area contributed by atoms with Crippen molar-refractivity contribution in [1.82, 2.24) is 41.3 Å². The van der Waals surface area contributed by atoms with Crippen LogP contribution in [-0.4, -0.2) is 178 Å². The number of benzene rings is 3. The molecule has 24 nitrogen and oxygen atoms in total. The van der Waals surface area contributed by atoms with E-state index in [1.54, 1.807) is 55.1 Å². The number of likely N-dealkylation sites (N-methyl/N-ethyl adjacent to an activating group) is 1. The standard InChI is InChI=1S/C59H85N13O11/c1-4-35(2)50(58(82)83)69-52(76)43(30-37-24-25-38-17-8-9-18-39(38)29-37)67-53(77)44(34-73)68-55(79)47(31-36-15-6-5-7-16-36)70(3)49(74)33-65-54(78)46-23-14-28-71(46)57(81)48-32-40-19-10-11-22-45(40)72(48)56(80)42(21-13-27-64-59(62)63)66-51(75)41(61)20-12-26-60/h5-9,15-18,24-25,29,35,40-48,50,73H,4,10-14,19-23,26-28,30-34,60-61H2,1-3H3,(H,65,78)(H,66,75)(H,67,77)(H,68,79)(H,69,76)(H,82,83)(H4,62,63,64)/t35-,40-,41+,42-,43-,44-,45-,46-,47-,48-,50-/m0/s1. The van der Waals surface area contributed by atoms with E-state index in [0.717, 1.165) is 34.9 Å². The van der Waals surface area contributed by atoms with Crippen LogP contribution in [0.25, 0.3) is 10.8 Å². The number of carboxylic acid groups (broad SMARTS) is 1. The molecule has 24 heteroatoms. The number of aliphatic imine (C=N–C) groups is 1. The Kier molecular flexibility index (Phi) is 24.2. The molecule has 2 heterocycles. The molecule has 0 spiro atoms. The number of carbonyl (C=O) groups excluding carboxylic acids is 8. The first kappa shape index (κ1) is 64.5. The minimum atomic E-state index is -1.65. The highest BCUT2D eigenvalue weighted by atomic mass is 16.4. The number of nitrogens with zero attached hydrogens (tertiary/aromatic N) is 4. The molecule has 3 aromatic rings. The van der Waals surface area contributed by atoms with Crippen molar-refractivity contribution in [3.05, 3.63) is 83.9 Å². The number of aliphatic hydroxyl groups is 1. The van der Waals surface area contributed by atoms with Crippen LogP contribution < -0.4 is 49.5 Å². The Balaban J connectivity index is 1.15. The quantitative estimate of drug-likeness (QED) is 0.0246. The van der Waals surface area contributed by atoms with E-state index in [1.807, 2.05) is 36.4 Å². The smallest absolute Gasteiger partial charge is 0.326 e. The van der Waals surface area contributed by atoms with Crippen LogP contribution in [0.4, 0.5) is 0 Å². The lowest BCUT2D eigenvalue weighted by Crippen LogP contribution is -2.60. The number of guanidine groups is 1. The monoisotopic (exact) mass is 1150 g/mol. The molecule has 2 aliphatic heterocycles. The summed E-state index contributed by atoms with van der Waals surface area (Å²) in [7, 11) is 1.36. The van der Waals surface area contributed by atoms with Gasteiger partial charge in [0.1, 0.15) is 42.3 Å². The normalized spacial score (nSPS) is 20.0. The van der Waals surface area contributed by atoms with Crippen LogP contribution in [0.5, 0.6) is 0 Å². The summed E-state index contributed by atoms with van der Waals surface area (Å²) in [5.74, 6) is -7.15. The molecule has 2 saturated heterocycles. The predicted molar refractivity (Wildman–Crippen MR) is 311 cm³/mol. The summed E-state index contributed by atoms with van der Waals surface area (Å²) >= 11 is 0. The van der Waals surface area contributed by atoms with Gasteiger partial charge in [0, 0.05) is 39.0 Å². The van der Waals surface area contributed by atoms with Gasteiger partial charge in [0.25, 0.3) is 0 Å². The van der Waals surface area contributed by atoms with Gasteiger partial charge in [-0.25, -0.2) is 4.79 Å². The van der Waals surface area contributed by atoms with E-state index in [4.69, 9.17) is 22.9 Å². The Bertz CT molecular complexity index is 2780. The Morgan fingerprint density at radius 3 is 2.11 bits per heavy atom. The van der Waals surface area contributed by atoms with E-state index in [0.29, 0.717) is 62.6 Å². The number of aliphatic hydroxyl groups excluding tert-OH is 1. The van der Waals surface area contributed by atoms with Crippen LogP contribution in [-0.2, 0) is 56.0 Å². The summed E-state index contributed by atoms with van der Waals surface area (Å²) in [4.78, 5) is 134. The molecule has 83 heavy (non-hydrogen) atoms. The SMILES string of the molecule is CC[C@H](C)[C@H](NC(=O)[C@H](Cc1ccc2ccccc2c1)NC(=O)[C@H](CO)NC(=O)[C@H](Cc1ccccc1)N(C)C(=O)CNC(=O)[C@@H]1CCCN1C(=O)[C@@H]1C[C@@H]2CCCC[C@@H]2N1C(=O)[C@H](CCCN=C(N)N)NC(=O)[C@H](N)CCCN)C(=O)O. The second-order valence-corrected chi connectivity index (χ2v) is 22.2. The van der Waals surface area contributed by atoms with Crippen molar-refractivity contribution < 1.29 is 53.4 Å². The van der Waals surface area contributed by atoms with Crippen LogP contribution >= 0.6 is 0 Å². The van der Waals surface area contributed by atoms with Gasteiger partial charge < -0.3 is 74.4 Å². The maximum atomic E-state index is 14.9. The zero-order valence-corrected chi connectivity index (χ0v) is 47.9. The molecule has 1 aliphatic carbocycles. The average Bonchev–Trinajstić information content (AvgIpc) is 2.84. The summed E-state index contributed by atoms with van der Waals surface area (Å²) in [6, 6.07) is 12.0. The largest absolute Gasteiger partial charge is 0.480 e. The zero-order chi connectivity index (χ0) is 60.3. The number of hydrogen-bond donors (Lipinski definition) is 11. The lowest BCUT2D eigenvalue weighted by Gasteiger charge is -2.37. The topological polar surface area (TPSA) is 380 Å². The number of amides is 8. The third-order valence-electron chi connectivity index (χ3n) is 16.4. The second kappa shape index (κ2) is 31.1. The summed E-state index contributed by atoms with van der Waals surface area (Å²) in [5, 5.41) is 35.7. The fourth-order valence-corrected chi connectivity index (χ4v) is 11.5. The number of carboxylic acids is 1. The number of nitrogens with two attached hydrogens (primary N) is 4. The van der Waals surface area contributed by atoms with Gasteiger partial charge in [0.15, 0.2) is 5.96 Å². The minimum Gasteiger partial charge on any atom is -0.480 e. The van der Waals surface area contributed by atoms with E-state index >= 15 is 0 Å². The number of aliphatic carboxylic acids is 1. The van der Waals surface area contributed by atoms with E-state index in [2.05, 4.69) is 31.6 Å². The van der Waals surface area contributed by atoms with Gasteiger partial charge in [-0.15, -0.1) is 0 Å². The van der Waals surface area contributed by atoms with E-state index in [9.17, 15) is 53.4 Å². The number of hydrogen-bond acceptors (Lipinski definition) is 13. The van der Waals surface area contributed by atoms with Crippen molar-refractivity contribution in [3.8, 4) is 0 Å². The Labute approximate surface area is 484 Å². The predicted octanol–water partition coefficient (Wildman–Crippen LogP) is -0.0991. The maximum Gasteiger partial charge on any atom is 0.326 e. The Morgan fingerprint density at radius 2 is 1.42 bits per heavy atom. The molecular weight excluding hydrogens is 1070 g/mol. The highest BCUT2D eigenvalue weighted by Gasteiger charge is 2.51. The van der Waals surface area contributed by atoms with Gasteiger partial charge in [-0.1, -0.05) is 106 Å². The molecule has 1 saturated carbocycles. The molecular formula is C59H85N13O11. The Morgan fingerprint density at radius 1 is 0.747 bits per heavy atom. The van der Waals surface area contributed by atoms with Crippen molar-refractivity contribution in [3.63, 3.8) is 0 Å². The van der Waals surface area contributed by atoms with Gasteiger partial charge in [-0.05, 0) is 98.1 Å². The van der Waals surface area contributed by atoms with Crippen LogP contribution in [0.2, 0.25) is 0 Å². The second-order valence-electron chi connectivity index (χ2n) is 22.2. The van der Waals surface area contributed by atoms with Crippen molar-refractivity contribution >= 4 is 70.0 Å². The van der Waals surface area contributed by atoms with Gasteiger partial charge in [-0.2, -0.15) is 0 Å². The van der Waals surface area contributed by atoms with Crippen molar-refractivity contribution in [2.24, 2.45) is 39.8 Å². The Hall–Kier alpha value is -7.70. The van der Waals surface area contributed by atoms with E-state index in [1.165, 1.54) is 11.9 Å². The highest BCUT2D eigenvalue weighted by molar-refractivity contribution is 5.98. The molecule has 15 N–H and O–H groups in total. The first-order chi connectivity index (χ1) is 39.8. The molecule has 6 rings (SSSR count). The minimum absolute atomic E-state index is 0.00919. The van der Waals surface area contributed by atoms with Crippen LogP contribution in [0.15, 0.2) is 77.8 Å². The molecule has 3 aliphatic rings. The van der Waals surface area contributed by atoms with E-state index < -0.39 is 121 Å². The summed E-state index contributed by atoms with van der Waals surface area (Å²) in [6.45, 7) is 2.67. The number of rotatable bonds is 29. The fourth-order valence-electron chi connectivity index (χ4n) is 11.5. The number of nitrogens with one attached hydrogen (secondary N) is 5. The van der Waals surface area contributed by atoms with Gasteiger partial charge in [-0.3, -0.25) is 43.3 Å². The molecule has 3 aromatic carbocycles. The molecule has 8 amide bonds. The van der Waals surface area contributed by atoms with Crippen LogP contribution in [0.3, 0.4) is 0 Å². The lowest BCUT2D eigenvalue weighted by molar-refractivity contribution is -0.150. The molecule has 0 bridgehead atoms. The molecule has 0 radical (unpaired) electrons. The molecule has 3 fully saturated rings. The third kappa shape index (κ3) is 17.4. The zero-order valence-electron chi connectivity index (χ0n) is 47.9. The van der Waals surface area contributed by atoms with Crippen LogP contribution in [0, 0.1) is 11.8 Å². The first-order valence-corrected chi connectivity index (χ1v) is 29.0. The number of fused-ring (bicyclic) bond motifs is 2. The fraction of sp³-hybridized carbons (Fsp3) is 0.559. The molecule has 0 aromatic heterocycles. The summed E-state index contributed by atoms with van der Waals surface area (Å²) in [6.07, 6.45) is 5.89. The molecule has 0 unspecified atom stereocenters. The third-order valence-corrected chi connectivity index (χ3v) is 16.4. The van der Waals surface area contributed by atoms with Crippen molar-refractivity contribution in [2.45, 2.75) is 158 Å². The van der Waals surface area contributed by atoms with Crippen molar-refractivity contribution in [2.75, 3.05) is 39.8 Å². The van der Waals surface area contributed by atoms with Crippen molar-refractivity contribution in [1.29, 1.82) is 0 Å². The highest BCUT2D eigenvalue weighted by Crippen LogP contribution is 2.41. The van der Waals surface area contributed by atoms with Gasteiger partial charge >= 0.3 is 5.97 Å². The van der Waals surface area contributed by atoms with Crippen LogP contribution in [0.1, 0.15) is 102 Å². The van der Waals surface area contributed by atoms with Gasteiger partial charge in [0.05, 0.1) is 19.2 Å². The lowest BCUT2D eigenvalue weighted by atomic mass is 9.84. The maximum absolute atomic E-state index is 14.9. The number of carbonyl (C=O) groups is 9. The first-order valence-electron chi connectivity index (χ1n) is 29.0. The van der Waals surface area contributed by atoms with E-state index in [-0.39, 0.29) is 56.7 Å². The summed E-state index contributed by atoms with van der Waals surface area (Å²) in [5.41, 5.74) is 24.2. The van der Waals surface area contributed by atoms with Gasteiger partial charge in [0.2, 0.25) is 47.3 Å². The molecule has 11 atom stereocenters. The summed E-state index contributed by atoms with van der Waals surface area (Å²) < 4.78 is 0. The number of likely N-dealkylation sites (tertiary alicyclic amines) is 2. The average molecular weight is 1150 g/mol.